The molecule has 1 N–H and O–H groups in total. The van der Waals surface area contributed by atoms with E-state index >= 15 is 0 Å². The Morgan fingerprint density at radius 3 is 2.75 bits per heavy atom. The summed E-state index contributed by atoms with van der Waals surface area (Å²) in [5.41, 5.74) is 1.46. The standard InChI is InChI=1S/C16H25BrN2O/c1-4-16(5-2)12-19(10-6-9-18-16)15-11-13(20-3)7-8-14(15)17/h7-8,11,18H,4-6,9-10,12H2,1-3H3. The molecular weight excluding hydrogens is 316 g/mol. The minimum atomic E-state index is 0.221. The second-order valence-electron chi connectivity index (χ2n) is 5.51. The van der Waals surface area contributed by atoms with Gasteiger partial charge in [-0.2, -0.15) is 0 Å². The molecule has 4 heteroatoms. The maximum Gasteiger partial charge on any atom is 0.121 e. The van der Waals surface area contributed by atoms with Crippen LogP contribution in [0.4, 0.5) is 5.69 Å². The number of nitrogens with one attached hydrogen (secondary N) is 1. The van der Waals surface area contributed by atoms with Crippen molar-refractivity contribution < 1.29 is 4.74 Å². The third kappa shape index (κ3) is 3.29. The topological polar surface area (TPSA) is 24.5 Å². The Balaban J connectivity index is 2.30. The SMILES string of the molecule is CCC1(CC)CN(c2cc(OC)ccc2Br)CCCN1. The quantitative estimate of drug-likeness (QED) is 0.901. The molecule has 0 spiro atoms. The molecule has 0 bridgehead atoms. The van der Waals surface area contributed by atoms with E-state index in [1.54, 1.807) is 7.11 Å². The molecular formula is C16H25BrN2O. The zero-order valence-electron chi connectivity index (χ0n) is 12.7. The summed E-state index contributed by atoms with van der Waals surface area (Å²) in [5, 5.41) is 3.75. The van der Waals surface area contributed by atoms with Crippen molar-refractivity contribution in [3.8, 4) is 5.75 Å². The summed E-state index contributed by atoms with van der Waals surface area (Å²) in [6.45, 7) is 7.79. The minimum Gasteiger partial charge on any atom is -0.497 e. The number of hydrogen-bond donors (Lipinski definition) is 1. The van der Waals surface area contributed by atoms with Gasteiger partial charge in [0, 0.05) is 29.2 Å². The van der Waals surface area contributed by atoms with Crippen molar-refractivity contribution in [2.24, 2.45) is 0 Å². The molecule has 0 amide bonds. The van der Waals surface area contributed by atoms with Crippen molar-refractivity contribution in [3.05, 3.63) is 22.7 Å². The van der Waals surface area contributed by atoms with Gasteiger partial charge >= 0.3 is 0 Å². The molecule has 1 saturated heterocycles. The maximum absolute atomic E-state index is 5.37. The number of anilines is 1. The molecule has 0 aliphatic carbocycles. The molecule has 1 aliphatic rings. The fourth-order valence-electron chi connectivity index (χ4n) is 2.91. The van der Waals surface area contributed by atoms with Crippen LogP contribution in [0.2, 0.25) is 0 Å². The van der Waals surface area contributed by atoms with Gasteiger partial charge in [-0.1, -0.05) is 13.8 Å². The molecule has 0 unspecified atom stereocenters. The van der Waals surface area contributed by atoms with E-state index < -0.39 is 0 Å². The number of hydrogen-bond acceptors (Lipinski definition) is 3. The highest BCUT2D eigenvalue weighted by Gasteiger charge is 2.31. The van der Waals surface area contributed by atoms with Crippen LogP contribution in [0.3, 0.4) is 0 Å². The smallest absolute Gasteiger partial charge is 0.121 e. The summed E-state index contributed by atoms with van der Waals surface area (Å²) in [6.07, 6.45) is 3.48. The van der Waals surface area contributed by atoms with E-state index in [-0.39, 0.29) is 5.54 Å². The molecule has 20 heavy (non-hydrogen) atoms. The van der Waals surface area contributed by atoms with Crippen LogP contribution in [0, 0.1) is 0 Å². The fourth-order valence-corrected chi connectivity index (χ4v) is 3.41. The number of benzene rings is 1. The first-order chi connectivity index (χ1) is 9.64. The summed E-state index contributed by atoms with van der Waals surface area (Å²) in [7, 11) is 1.72. The van der Waals surface area contributed by atoms with E-state index in [0.29, 0.717) is 0 Å². The van der Waals surface area contributed by atoms with Crippen LogP contribution in [-0.4, -0.2) is 32.3 Å². The lowest BCUT2D eigenvalue weighted by molar-refractivity contribution is 0.321. The lowest BCUT2D eigenvalue weighted by atomic mass is 9.92. The second kappa shape index (κ2) is 6.81. The average Bonchev–Trinajstić information content (AvgIpc) is 2.71. The highest BCUT2D eigenvalue weighted by molar-refractivity contribution is 9.10. The molecule has 2 rings (SSSR count). The van der Waals surface area contributed by atoms with Crippen LogP contribution in [-0.2, 0) is 0 Å². The molecule has 3 nitrogen and oxygen atoms in total. The Morgan fingerprint density at radius 1 is 1.35 bits per heavy atom. The summed E-state index contributed by atoms with van der Waals surface area (Å²) < 4.78 is 6.51. The van der Waals surface area contributed by atoms with Crippen molar-refractivity contribution in [1.82, 2.24) is 5.32 Å². The lowest BCUT2D eigenvalue weighted by Crippen LogP contribution is -2.50. The number of ether oxygens (including phenoxy) is 1. The summed E-state index contributed by atoms with van der Waals surface area (Å²) >= 11 is 3.68. The first kappa shape index (κ1) is 15.6. The largest absolute Gasteiger partial charge is 0.497 e. The van der Waals surface area contributed by atoms with Crippen LogP contribution in [0.5, 0.6) is 5.75 Å². The van der Waals surface area contributed by atoms with E-state index in [4.69, 9.17) is 4.74 Å². The Labute approximate surface area is 130 Å². The van der Waals surface area contributed by atoms with Crippen molar-refractivity contribution in [2.45, 2.75) is 38.6 Å². The van der Waals surface area contributed by atoms with Crippen molar-refractivity contribution in [2.75, 3.05) is 31.6 Å². The van der Waals surface area contributed by atoms with Gasteiger partial charge in [0.15, 0.2) is 0 Å². The summed E-state index contributed by atoms with van der Waals surface area (Å²) in [6, 6.07) is 6.20. The van der Waals surface area contributed by atoms with E-state index in [9.17, 15) is 0 Å². The zero-order valence-corrected chi connectivity index (χ0v) is 14.3. The zero-order chi connectivity index (χ0) is 14.6. The normalized spacial score (nSPS) is 18.7. The van der Waals surface area contributed by atoms with Crippen LogP contribution >= 0.6 is 15.9 Å². The molecule has 1 aromatic rings. The monoisotopic (exact) mass is 340 g/mol. The third-order valence-corrected chi connectivity index (χ3v) is 5.12. The second-order valence-corrected chi connectivity index (χ2v) is 6.36. The molecule has 1 fully saturated rings. The van der Waals surface area contributed by atoms with Crippen LogP contribution in [0.1, 0.15) is 33.1 Å². The molecule has 0 saturated carbocycles. The highest BCUT2D eigenvalue weighted by Crippen LogP contribution is 2.33. The molecule has 112 valence electrons. The number of halogens is 1. The van der Waals surface area contributed by atoms with Crippen molar-refractivity contribution >= 4 is 21.6 Å². The predicted molar refractivity (Wildman–Crippen MR) is 88.8 cm³/mol. The molecule has 0 atom stereocenters. The first-order valence-electron chi connectivity index (χ1n) is 7.47. The predicted octanol–water partition coefficient (Wildman–Crippen LogP) is 3.82. The van der Waals surface area contributed by atoms with Gasteiger partial charge in [0.2, 0.25) is 0 Å². The number of methoxy groups -OCH3 is 1. The Kier molecular flexibility index (Phi) is 5.33. The van der Waals surface area contributed by atoms with Gasteiger partial charge in [0.25, 0.3) is 0 Å². The van der Waals surface area contributed by atoms with E-state index in [1.165, 1.54) is 12.1 Å². The van der Waals surface area contributed by atoms with Crippen molar-refractivity contribution in [1.29, 1.82) is 0 Å². The summed E-state index contributed by atoms with van der Waals surface area (Å²) in [5.74, 6) is 0.916. The van der Waals surface area contributed by atoms with Gasteiger partial charge in [0.05, 0.1) is 12.8 Å². The van der Waals surface area contributed by atoms with E-state index in [1.807, 2.05) is 6.07 Å². The molecule has 1 heterocycles. The minimum absolute atomic E-state index is 0.221. The van der Waals surface area contributed by atoms with Crippen LogP contribution in [0.15, 0.2) is 22.7 Å². The summed E-state index contributed by atoms with van der Waals surface area (Å²) in [4.78, 5) is 2.49. The van der Waals surface area contributed by atoms with Gasteiger partial charge in [-0.25, -0.2) is 0 Å². The molecule has 0 aromatic heterocycles. The Bertz CT molecular complexity index is 446. The van der Waals surface area contributed by atoms with Crippen LogP contribution < -0.4 is 15.0 Å². The lowest BCUT2D eigenvalue weighted by Gasteiger charge is -2.36. The molecule has 1 aliphatic heterocycles. The first-order valence-corrected chi connectivity index (χ1v) is 8.27. The van der Waals surface area contributed by atoms with E-state index in [2.05, 4.69) is 52.1 Å². The van der Waals surface area contributed by atoms with Crippen molar-refractivity contribution in [3.63, 3.8) is 0 Å². The van der Waals surface area contributed by atoms with Gasteiger partial charge in [-0.15, -0.1) is 0 Å². The van der Waals surface area contributed by atoms with Gasteiger partial charge in [-0.05, 0) is 53.9 Å². The highest BCUT2D eigenvalue weighted by atomic mass is 79.9. The third-order valence-electron chi connectivity index (χ3n) is 4.45. The van der Waals surface area contributed by atoms with Gasteiger partial charge in [0.1, 0.15) is 5.75 Å². The number of nitrogens with zero attached hydrogens (tertiary/aromatic N) is 1. The van der Waals surface area contributed by atoms with Gasteiger partial charge < -0.3 is 15.0 Å². The maximum atomic E-state index is 5.37. The van der Waals surface area contributed by atoms with Gasteiger partial charge in [-0.3, -0.25) is 0 Å². The van der Waals surface area contributed by atoms with Crippen LogP contribution in [0.25, 0.3) is 0 Å². The Hall–Kier alpha value is -0.740. The van der Waals surface area contributed by atoms with E-state index in [0.717, 1.165) is 42.7 Å². The molecule has 0 radical (unpaired) electrons. The number of rotatable bonds is 4. The fraction of sp³-hybridized carbons (Fsp3) is 0.625. The average molecular weight is 341 g/mol. The Morgan fingerprint density at radius 2 is 2.10 bits per heavy atom. The molecule has 1 aromatic carbocycles.